The minimum absolute atomic E-state index is 0.417. The van der Waals surface area contributed by atoms with E-state index in [0.29, 0.717) is 12.5 Å². The lowest BCUT2D eigenvalue weighted by Gasteiger charge is -2.15. The summed E-state index contributed by atoms with van der Waals surface area (Å²) < 4.78 is 0. The minimum Gasteiger partial charge on any atom is -0.478 e. The van der Waals surface area contributed by atoms with Crippen molar-refractivity contribution in [3.8, 4) is 0 Å². The molecule has 3 heteroatoms. The molecule has 0 saturated heterocycles. The maximum atomic E-state index is 9.25. The molecule has 0 aromatic rings. The van der Waals surface area contributed by atoms with Crippen molar-refractivity contribution in [3.63, 3.8) is 0 Å². The fraction of sp³-hybridized carbons (Fsp3) is 0.912. The average molecular weight is 523 g/mol. The van der Waals surface area contributed by atoms with Gasteiger partial charge in [0, 0.05) is 12.7 Å². The van der Waals surface area contributed by atoms with Crippen molar-refractivity contribution in [2.75, 3.05) is 6.61 Å². The van der Waals surface area contributed by atoms with Gasteiger partial charge in [0.25, 0.3) is 0 Å². The van der Waals surface area contributed by atoms with Crippen molar-refractivity contribution in [3.05, 3.63) is 12.7 Å². The summed E-state index contributed by atoms with van der Waals surface area (Å²) in [7, 11) is 0. The van der Waals surface area contributed by atoms with Gasteiger partial charge < -0.3 is 10.2 Å². The molecule has 3 fully saturated rings. The maximum Gasteiger partial charge on any atom is 0.327 e. The van der Waals surface area contributed by atoms with Crippen LogP contribution in [0.4, 0.5) is 0 Å². The van der Waals surface area contributed by atoms with Gasteiger partial charge in [-0.3, -0.25) is 0 Å². The SMILES string of the molecule is C1CCCCCCCCC1.C1CCCCCCCCC1.C=CC(=O)O.OCC1CCCCCCCCC1. The van der Waals surface area contributed by atoms with Gasteiger partial charge in [0.1, 0.15) is 0 Å². The first-order valence-corrected chi connectivity index (χ1v) is 16.7. The van der Waals surface area contributed by atoms with Gasteiger partial charge in [-0.15, -0.1) is 0 Å². The molecule has 3 saturated carbocycles. The van der Waals surface area contributed by atoms with Crippen LogP contribution in [-0.2, 0) is 4.79 Å². The normalized spacial score (nSPS) is 21.5. The highest BCUT2D eigenvalue weighted by Crippen LogP contribution is 2.21. The predicted octanol–water partition coefficient (Wildman–Crippen LogP) is 11.2. The molecule has 0 aromatic carbocycles. The third-order valence-electron chi connectivity index (χ3n) is 8.16. The van der Waals surface area contributed by atoms with Crippen LogP contribution in [0.1, 0.15) is 186 Å². The van der Waals surface area contributed by atoms with Crippen LogP contribution < -0.4 is 0 Å². The van der Waals surface area contributed by atoms with Gasteiger partial charge in [0.05, 0.1) is 0 Å². The van der Waals surface area contributed by atoms with Crippen LogP contribution in [-0.4, -0.2) is 22.8 Å². The number of aliphatic hydroxyl groups excluding tert-OH is 1. The van der Waals surface area contributed by atoms with Crippen LogP contribution >= 0.6 is 0 Å². The molecule has 0 aromatic heterocycles. The number of carboxylic acid groups (broad SMARTS) is 1. The Kier molecular flexibility index (Phi) is 30.7. The lowest BCUT2D eigenvalue weighted by atomic mass is 9.93. The Morgan fingerprint density at radius 3 is 0.784 bits per heavy atom. The highest BCUT2D eigenvalue weighted by atomic mass is 16.4. The lowest BCUT2D eigenvalue weighted by molar-refractivity contribution is -0.131. The van der Waals surface area contributed by atoms with E-state index in [4.69, 9.17) is 10.2 Å². The smallest absolute Gasteiger partial charge is 0.327 e. The Morgan fingerprint density at radius 2 is 0.649 bits per heavy atom. The molecule has 37 heavy (non-hydrogen) atoms. The number of aliphatic carboxylic acids is 1. The van der Waals surface area contributed by atoms with E-state index in [1.165, 1.54) is 186 Å². The number of hydrogen-bond donors (Lipinski definition) is 2. The molecule has 3 aliphatic rings. The molecule has 2 N–H and O–H groups in total. The first-order valence-electron chi connectivity index (χ1n) is 16.7. The first-order chi connectivity index (χ1) is 18.2. The fourth-order valence-electron chi connectivity index (χ4n) is 5.61. The van der Waals surface area contributed by atoms with Crippen molar-refractivity contribution in [1.29, 1.82) is 0 Å². The van der Waals surface area contributed by atoms with E-state index in [9.17, 15) is 4.79 Å². The molecule has 0 radical (unpaired) electrons. The van der Waals surface area contributed by atoms with Crippen molar-refractivity contribution < 1.29 is 15.0 Å². The lowest BCUT2D eigenvalue weighted by Crippen LogP contribution is -2.06. The summed E-state index contributed by atoms with van der Waals surface area (Å²) in [6, 6.07) is 0. The number of carbonyl (C=O) groups is 1. The zero-order valence-corrected chi connectivity index (χ0v) is 24.9. The summed E-state index contributed by atoms with van der Waals surface area (Å²) >= 11 is 0. The number of carboxylic acids is 1. The number of rotatable bonds is 2. The molecule has 3 rings (SSSR count). The van der Waals surface area contributed by atoms with Crippen molar-refractivity contribution >= 4 is 5.97 Å². The van der Waals surface area contributed by atoms with Gasteiger partial charge in [-0.2, -0.15) is 0 Å². The van der Waals surface area contributed by atoms with E-state index < -0.39 is 5.97 Å². The second-order valence-electron chi connectivity index (χ2n) is 11.7. The monoisotopic (exact) mass is 523 g/mol. The van der Waals surface area contributed by atoms with Gasteiger partial charge in [-0.1, -0.05) is 180 Å². The molecular weight excluding hydrogens is 456 g/mol. The van der Waals surface area contributed by atoms with Crippen LogP contribution in [0.15, 0.2) is 12.7 Å². The largest absolute Gasteiger partial charge is 0.478 e. The van der Waals surface area contributed by atoms with Gasteiger partial charge in [0.2, 0.25) is 0 Å². The Hall–Kier alpha value is -0.830. The zero-order valence-electron chi connectivity index (χ0n) is 24.9. The zero-order chi connectivity index (χ0) is 27.1. The number of aliphatic hydroxyl groups is 1. The summed E-state index contributed by atoms with van der Waals surface area (Å²) in [5.41, 5.74) is 0. The summed E-state index contributed by atoms with van der Waals surface area (Å²) in [5, 5.41) is 16.7. The second-order valence-corrected chi connectivity index (χ2v) is 11.7. The summed E-state index contributed by atoms with van der Waals surface area (Å²) in [5.74, 6) is -0.367. The van der Waals surface area contributed by atoms with E-state index >= 15 is 0 Å². The standard InChI is InChI=1S/C11H22O.2C10H20.C3H4O2/c12-10-11-8-6-4-2-1-3-5-7-9-11;2*1-2-4-6-8-10-9-7-5-3-1;1-2-3(4)5/h11-12H,1-10H2;2*1-10H2;2H,1H2,(H,4,5). The highest BCUT2D eigenvalue weighted by Gasteiger charge is 2.08. The van der Waals surface area contributed by atoms with Crippen LogP contribution in [0.25, 0.3) is 0 Å². The molecule has 0 unspecified atom stereocenters. The van der Waals surface area contributed by atoms with Crippen LogP contribution in [0.3, 0.4) is 0 Å². The Morgan fingerprint density at radius 1 is 0.486 bits per heavy atom. The van der Waals surface area contributed by atoms with E-state index in [1.807, 2.05) is 0 Å². The predicted molar refractivity (Wildman–Crippen MR) is 162 cm³/mol. The fourth-order valence-corrected chi connectivity index (χ4v) is 5.61. The van der Waals surface area contributed by atoms with Gasteiger partial charge in [0.15, 0.2) is 0 Å². The van der Waals surface area contributed by atoms with Crippen LogP contribution in [0.5, 0.6) is 0 Å². The van der Waals surface area contributed by atoms with E-state index in [2.05, 4.69) is 6.58 Å². The summed E-state index contributed by atoms with van der Waals surface area (Å²) in [6.07, 6.45) is 43.1. The third kappa shape index (κ3) is 31.3. The molecule has 3 nitrogen and oxygen atoms in total. The van der Waals surface area contributed by atoms with Gasteiger partial charge >= 0.3 is 5.97 Å². The van der Waals surface area contributed by atoms with Crippen molar-refractivity contribution in [2.45, 2.75) is 186 Å². The van der Waals surface area contributed by atoms with E-state index in [0.717, 1.165) is 6.08 Å². The Bertz CT molecular complexity index is 366. The Labute approximate surface area is 232 Å². The highest BCUT2D eigenvalue weighted by molar-refractivity contribution is 5.78. The Balaban J connectivity index is 0.000000484. The molecule has 0 heterocycles. The van der Waals surface area contributed by atoms with Crippen molar-refractivity contribution in [1.82, 2.24) is 0 Å². The summed E-state index contributed by atoms with van der Waals surface area (Å²) in [4.78, 5) is 9.25. The van der Waals surface area contributed by atoms with Gasteiger partial charge in [-0.25, -0.2) is 4.79 Å². The first kappa shape index (κ1) is 36.2. The average Bonchev–Trinajstić information content (AvgIpc) is 2.94. The summed E-state index contributed by atoms with van der Waals surface area (Å²) in [6.45, 7) is 3.38. The topological polar surface area (TPSA) is 57.5 Å². The quantitative estimate of drug-likeness (QED) is 0.354. The molecular formula is C34H66O3. The molecule has 0 atom stereocenters. The second kappa shape index (κ2) is 31.4. The van der Waals surface area contributed by atoms with Crippen molar-refractivity contribution in [2.24, 2.45) is 5.92 Å². The maximum absolute atomic E-state index is 9.25. The van der Waals surface area contributed by atoms with Crippen LogP contribution in [0, 0.1) is 5.92 Å². The molecule has 0 bridgehead atoms. The third-order valence-corrected chi connectivity index (χ3v) is 8.16. The molecule has 0 spiro atoms. The molecule has 0 amide bonds. The molecule has 220 valence electrons. The molecule has 3 aliphatic carbocycles. The number of hydrogen-bond acceptors (Lipinski definition) is 2. The van der Waals surface area contributed by atoms with E-state index in [-0.39, 0.29) is 0 Å². The minimum atomic E-state index is -0.981. The van der Waals surface area contributed by atoms with E-state index in [1.54, 1.807) is 0 Å². The van der Waals surface area contributed by atoms with Gasteiger partial charge in [-0.05, 0) is 18.8 Å². The molecule has 0 aliphatic heterocycles. The van der Waals surface area contributed by atoms with Crippen LogP contribution in [0.2, 0.25) is 0 Å².